The Kier molecular flexibility index (Phi) is 5.01. The van der Waals surface area contributed by atoms with Crippen LogP contribution in [0.5, 0.6) is 0 Å². The molecule has 1 aromatic heterocycles. The SMILES string of the molecule is CC(C)Cc1c(CO)nnn1Cc1ccc(C(C)(C)C)cc1. The van der Waals surface area contributed by atoms with Crippen LogP contribution in [-0.4, -0.2) is 20.1 Å². The molecule has 0 saturated heterocycles. The van der Waals surface area contributed by atoms with Crippen molar-refractivity contribution in [3.8, 4) is 0 Å². The molecule has 1 heterocycles. The highest BCUT2D eigenvalue weighted by molar-refractivity contribution is 5.28. The first-order valence-electron chi connectivity index (χ1n) is 7.92. The van der Waals surface area contributed by atoms with E-state index in [4.69, 9.17) is 0 Å². The highest BCUT2D eigenvalue weighted by Gasteiger charge is 2.15. The summed E-state index contributed by atoms with van der Waals surface area (Å²) in [6.07, 6.45) is 0.878. The van der Waals surface area contributed by atoms with Gasteiger partial charge in [-0.2, -0.15) is 0 Å². The van der Waals surface area contributed by atoms with Crippen molar-refractivity contribution in [1.82, 2.24) is 15.0 Å². The molecule has 1 aromatic carbocycles. The molecule has 0 atom stereocenters. The molecule has 0 spiro atoms. The first-order valence-corrected chi connectivity index (χ1v) is 7.92. The quantitative estimate of drug-likeness (QED) is 0.921. The van der Waals surface area contributed by atoms with Crippen molar-refractivity contribution in [2.45, 2.75) is 59.6 Å². The lowest BCUT2D eigenvalue weighted by Crippen LogP contribution is -2.12. The van der Waals surface area contributed by atoms with E-state index in [1.807, 2.05) is 4.68 Å². The fraction of sp³-hybridized carbons (Fsp3) is 0.556. The molecule has 0 radical (unpaired) electrons. The largest absolute Gasteiger partial charge is 0.390 e. The van der Waals surface area contributed by atoms with Gasteiger partial charge in [0.05, 0.1) is 18.8 Å². The van der Waals surface area contributed by atoms with Crippen molar-refractivity contribution in [3.63, 3.8) is 0 Å². The minimum Gasteiger partial charge on any atom is -0.390 e. The lowest BCUT2D eigenvalue weighted by atomic mass is 9.87. The fourth-order valence-electron chi connectivity index (χ4n) is 2.51. The molecule has 0 aliphatic carbocycles. The van der Waals surface area contributed by atoms with Gasteiger partial charge in [-0.1, -0.05) is 64.1 Å². The van der Waals surface area contributed by atoms with Gasteiger partial charge in [-0.25, -0.2) is 4.68 Å². The number of aliphatic hydroxyl groups is 1. The van der Waals surface area contributed by atoms with E-state index in [0.29, 0.717) is 18.2 Å². The summed E-state index contributed by atoms with van der Waals surface area (Å²) in [5.41, 5.74) is 4.43. The van der Waals surface area contributed by atoms with E-state index in [0.717, 1.165) is 12.1 Å². The predicted octanol–water partition coefficient (Wildman–Crippen LogP) is 3.31. The summed E-state index contributed by atoms with van der Waals surface area (Å²) < 4.78 is 1.91. The number of hydrogen-bond donors (Lipinski definition) is 1. The maximum absolute atomic E-state index is 9.42. The highest BCUT2D eigenvalue weighted by Crippen LogP contribution is 2.22. The van der Waals surface area contributed by atoms with Gasteiger partial charge < -0.3 is 5.11 Å². The first kappa shape index (κ1) is 16.7. The number of nitrogens with zero attached hydrogens (tertiary/aromatic N) is 3. The Balaban J connectivity index is 2.22. The van der Waals surface area contributed by atoms with E-state index in [1.165, 1.54) is 11.1 Å². The highest BCUT2D eigenvalue weighted by atomic mass is 16.3. The van der Waals surface area contributed by atoms with Crippen LogP contribution in [0.25, 0.3) is 0 Å². The molecule has 2 aromatic rings. The second-order valence-corrected chi connectivity index (χ2v) is 7.34. The van der Waals surface area contributed by atoms with Crippen LogP contribution in [0.15, 0.2) is 24.3 Å². The van der Waals surface area contributed by atoms with Gasteiger partial charge in [0.25, 0.3) is 0 Å². The van der Waals surface area contributed by atoms with Crippen LogP contribution in [0.3, 0.4) is 0 Å². The van der Waals surface area contributed by atoms with Crippen LogP contribution >= 0.6 is 0 Å². The van der Waals surface area contributed by atoms with E-state index in [1.54, 1.807) is 0 Å². The first-order chi connectivity index (χ1) is 10.3. The summed E-state index contributed by atoms with van der Waals surface area (Å²) in [6.45, 7) is 11.6. The van der Waals surface area contributed by atoms with Crippen molar-refractivity contribution in [2.75, 3.05) is 0 Å². The predicted molar refractivity (Wildman–Crippen MR) is 88.7 cm³/mol. The molecule has 22 heavy (non-hydrogen) atoms. The average Bonchev–Trinajstić information content (AvgIpc) is 2.80. The Morgan fingerprint density at radius 3 is 2.27 bits per heavy atom. The molecule has 0 saturated carbocycles. The molecule has 0 fully saturated rings. The zero-order chi connectivity index (χ0) is 16.3. The minimum atomic E-state index is -0.0506. The van der Waals surface area contributed by atoms with Crippen molar-refractivity contribution >= 4 is 0 Å². The Labute approximate surface area is 133 Å². The standard InChI is InChI=1S/C18H27N3O/c1-13(2)10-17-16(12-22)19-20-21(17)11-14-6-8-15(9-7-14)18(3,4)5/h6-9,13,22H,10-12H2,1-5H3. The van der Waals surface area contributed by atoms with Crippen LogP contribution in [0.2, 0.25) is 0 Å². The van der Waals surface area contributed by atoms with Crippen LogP contribution in [0.4, 0.5) is 0 Å². The maximum atomic E-state index is 9.42. The summed E-state index contributed by atoms with van der Waals surface area (Å²) in [4.78, 5) is 0. The molecule has 4 nitrogen and oxygen atoms in total. The number of hydrogen-bond acceptors (Lipinski definition) is 3. The summed E-state index contributed by atoms with van der Waals surface area (Å²) in [6, 6.07) is 8.67. The molecule has 1 N–H and O–H groups in total. The van der Waals surface area contributed by atoms with Crippen molar-refractivity contribution in [2.24, 2.45) is 5.92 Å². The summed E-state index contributed by atoms with van der Waals surface area (Å²) in [7, 11) is 0. The lowest BCUT2D eigenvalue weighted by Gasteiger charge is -2.19. The van der Waals surface area contributed by atoms with Gasteiger partial charge in [0.2, 0.25) is 0 Å². The third-order valence-electron chi connectivity index (χ3n) is 3.82. The van der Waals surface area contributed by atoms with Gasteiger partial charge in [-0.05, 0) is 28.9 Å². The van der Waals surface area contributed by atoms with E-state index in [2.05, 4.69) is 69.2 Å². The molecule has 120 valence electrons. The van der Waals surface area contributed by atoms with E-state index >= 15 is 0 Å². The average molecular weight is 301 g/mol. The Hall–Kier alpha value is -1.68. The number of aromatic nitrogens is 3. The maximum Gasteiger partial charge on any atom is 0.111 e. The molecular weight excluding hydrogens is 274 g/mol. The molecule has 0 aliphatic heterocycles. The zero-order valence-corrected chi connectivity index (χ0v) is 14.3. The summed E-state index contributed by atoms with van der Waals surface area (Å²) >= 11 is 0. The van der Waals surface area contributed by atoms with Gasteiger partial charge in [0.15, 0.2) is 0 Å². The van der Waals surface area contributed by atoms with Gasteiger partial charge in [-0.3, -0.25) is 0 Å². The number of aliphatic hydroxyl groups excluding tert-OH is 1. The minimum absolute atomic E-state index is 0.0506. The van der Waals surface area contributed by atoms with Crippen molar-refractivity contribution in [3.05, 3.63) is 46.8 Å². The van der Waals surface area contributed by atoms with Gasteiger partial charge in [0, 0.05) is 0 Å². The second-order valence-electron chi connectivity index (χ2n) is 7.34. The summed E-state index contributed by atoms with van der Waals surface area (Å²) in [5, 5.41) is 17.7. The fourth-order valence-corrected chi connectivity index (χ4v) is 2.51. The Bertz CT molecular complexity index is 606. The molecule has 0 amide bonds. The van der Waals surface area contributed by atoms with Crippen LogP contribution in [0, 0.1) is 5.92 Å². The van der Waals surface area contributed by atoms with Crippen LogP contribution in [-0.2, 0) is 25.0 Å². The zero-order valence-electron chi connectivity index (χ0n) is 14.3. The van der Waals surface area contributed by atoms with Crippen molar-refractivity contribution < 1.29 is 5.11 Å². The number of rotatable bonds is 5. The Morgan fingerprint density at radius 2 is 1.77 bits per heavy atom. The molecule has 0 unspecified atom stereocenters. The topological polar surface area (TPSA) is 50.9 Å². The van der Waals surface area contributed by atoms with Crippen LogP contribution < -0.4 is 0 Å². The molecule has 0 aliphatic rings. The lowest BCUT2D eigenvalue weighted by molar-refractivity contribution is 0.275. The monoisotopic (exact) mass is 301 g/mol. The third kappa shape index (κ3) is 3.95. The third-order valence-corrected chi connectivity index (χ3v) is 3.82. The van der Waals surface area contributed by atoms with Crippen molar-refractivity contribution in [1.29, 1.82) is 0 Å². The molecule has 0 bridgehead atoms. The van der Waals surface area contributed by atoms with E-state index in [-0.39, 0.29) is 12.0 Å². The molecule has 4 heteroatoms. The molecule has 2 rings (SSSR count). The number of benzene rings is 1. The Morgan fingerprint density at radius 1 is 1.14 bits per heavy atom. The molecular formula is C18H27N3O. The summed E-state index contributed by atoms with van der Waals surface area (Å²) in [5.74, 6) is 0.505. The second kappa shape index (κ2) is 6.61. The van der Waals surface area contributed by atoms with Gasteiger partial charge in [-0.15, -0.1) is 5.10 Å². The van der Waals surface area contributed by atoms with Crippen LogP contribution in [0.1, 0.15) is 57.1 Å². The van der Waals surface area contributed by atoms with E-state index < -0.39 is 0 Å². The normalized spacial score (nSPS) is 12.1. The van der Waals surface area contributed by atoms with E-state index in [9.17, 15) is 5.11 Å². The van der Waals surface area contributed by atoms with Gasteiger partial charge >= 0.3 is 0 Å². The van der Waals surface area contributed by atoms with Gasteiger partial charge in [0.1, 0.15) is 5.69 Å². The smallest absolute Gasteiger partial charge is 0.111 e.